The van der Waals surface area contributed by atoms with E-state index in [4.69, 9.17) is 0 Å². The number of fused-ring (bicyclic) bond motifs is 1. The maximum absolute atomic E-state index is 13.1. The van der Waals surface area contributed by atoms with Crippen LogP contribution in [-0.4, -0.2) is 15.9 Å². The van der Waals surface area contributed by atoms with Crippen molar-refractivity contribution in [3.63, 3.8) is 0 Å². The number of nitrogens with zero attached hydrogens (tertiary/aromatic N) is 1. The Morgan fingerprint density at radius 3 is 2.86 bits per heavy atom. The van der Waals surface area contributed by atoms with Gasteiger partial charge in [-0.1, -0.05) is 6.07 Å². The molecule has 0 atom stereocenters. The maximum Gasteiger partial charge on any atom is 0.262 e. The highest BCUT2D eigenvalue weighted by molar-refractivity contribution is 6.05. The van der Waals surface area contributed by atoms with Crippen LogP contribution in [0.1, 0.15) is 10.4 Å². The summed E-state index contributed by atoms with van der Waals surface area (Å²) in [6.45, 7) is 0. The standard InChI is InChI=1S/C15H10FN3O2/c16-10-4-1-5-11(8-10)18-14(20)12-7-9-3-2-6-17-13(9)19-15(12)21/h1-8H,(H,18,20)(H,17,19,21). The van der Waals surface area contributed by atoms with Gasteiger partial charge >= 0.3 is 0 Å². The van der Waals surface area contributed by atoms with Crippen molar-refractivity contribution in [2.45, 2.75) is 0 Å². The minimum absolute atomic E-state index is 0.0558. The smallest absolute Gasteiger partial charge is 0.262 e. The summed E-state index contributed by atoms with van der Waals surface area (Å²) in [4.78, 5) is 30.6. The van der Waals surface area contributed by atoms with Crippen molar-refractivity contribution in [3.05, 3.63) is 70.4 Å². The van der Waals surface area contributed by atoms with Crippen LogP contribution < -0.4 is 10.9 Å². The molecule has 3 aromatic rings. The summed E-state index contributed by atoms with van der Waals surface area (Å²) in [5.41, 5.74) is 0.0883. The fraction of sp³-hybridized carbons (Fsp3) is 0. The monoisotopic (exact) mass is 283 g/mol. The van der Waals surface area contributed by atoms with E-state index in [9.17, 15) is 14.0 Å². The van der Waals surface area contributed by atoms with Gasteiger partial charge in [-0.3, -0.25) is 9.59 Å². The minimum atomic E-state index is -0.604. The first-order chi connectivity index (χ1) is 10.1. The lowest BCUT2D eigenvalue weighted by Crippen LogP contribution is -2.23. The highest BCUT2D eigenvalue weighted by Gasteiger charge is 2.12. The van der Waals surface area contributed by atoms with Crippen LogP contribution in [0.25, 0.3) is 11.0 Å². The van der Waals surface area contributed by atoms with Crippen LogP contribution in [0, 0.1) is 5.82 Å². The van der Waals surface area contributed by atoms with Crippen molar-refractivity contribution >= 4 is 22.6 Å². The van der Waals surface area contributed by atoms with E-state index < -0.39 is 17.3 Å². The van der Waals surface area contributed by atoms with Gasteiger partial charge in [0.1, 0.15) is 17.0 Å². The molecule has 6 heteroatoms. The number of H-pyrrole nitrogens is 1. The lowest BCUT2D eigenvalue weighted by atomic mass is 10.2. The summed E-state index contributed by atoms with van der Waals surface area (Å²) in [5, 5.41) is 3.13. The van der Waals surface area contributed by atoms with Crippen molar-refractivity contribution in [1.29, 1.82) is 0 Å². The molecule has 1 aromatic carbocycles. The zero-order chi connectivity index (χ0) is 14.8. The van der Waals surface area contributed by atoms with Crippen molar-refractivity contribution in [3.8, 4) is 0 Å². The van der Waals surface area contributed by atoms with Crippen LogP contribution in [-0.2, 0) is 0 Å². The molecule has 2 heterocycles. The third-order valence-electron chi connectivity index (χ3n) is 2.94. The van der Waals surface area contributed by atoms with Crippen molar-refractivity contribution in [2.24, 2.45) is 0 Å². The van der Waals surface area contributed by atoms with Gasteiger partial charge in [-0.2, -0.15) is 0 Å². The predicted octanol–water partition coefficient (Wildman–Crippen LogP) is 2.31. The average Bonchev–Trinajstić information content (AvgIpc) is 2.46. The number of anilines is 1. The molecule has 0 bridgehead atoms. The number of benzene rings is 1. The number of hydrogen-bond donors (Lipinski definition) is 2. The number of amides is 1. The van der Waals surface area contributed by atoms with E-state index >= 15 is 0 Å². The summed E-state index contributed by atoms with van der Waals surface area (Å²) >= 11 is 0. The number of hydrogen-bond acceptors (Lipinski definition) is 3. The number of rotatable bonds is 2. The Morgan fingerprint density at radius 2 is 2.05 bits per heavy atom. The van der Waals surface area contributed by atoms with Crippen molar-refractivity contribution in [1.82, 2.24) is 9.97 Å². The lowest BCUT2D eigenvalue weighted by molar-refractivity contribution is 0.102. The number of halogens is 1. The van der Waals surface area contributed by atoms with Gasteiger partial charge in [0.2, 0.25) is 0 Å². The molecule has 0 aliphatic rings. The van der Waals surface area contributed by atoms with Crippen LogP contribution in [0.3, 0.4) is 0 Å². The first kappa shape index (κ1) is 13.0. The number of aromatic nitrogens is 2. The van der Waals surface area contributed by atoms with Gasteiger partial charge < -0.3 is 10.3 Å². The third kappa shape index (κ3) is 2.64. The first-order valence-corrected chi connectivity index (χ1v) is 6.18. The molecule has 0 aliphatic carbocycles. The van der Waals surface area contributed by atoms with Gasteiger partial charge in [0.15, 0.2) is 0 Å². The quantitative estimate of drug-likeness (QED) is 0.758. The molecule has 2 aromatic heterocycles. The van der Waals surface area contributed by atoms with Gasteiger partial charge in [-0.15, -0.1) is 0 Å². The Balaban J connectivity index is 1.98. The average molecular weight is 283 g/mol. The third-order valence-corrected chi connectivity index (χ3v) is 2.94. The zero-order valence-electron chi connectivity index (χ0n) is 10.8. The van der Waals surface area contributed by atoms with Crippen LogP contribution in [0.2, 0.25) is 0 Å². The molecule has 0 aliphatic heterocycles. The molecular formula is C15H10FN3O2. The SMILES string of the molecule is O=C(Nc1cccc(F)c1)c1cc2cccnc2[nH]c1=O. The Hall–Kier alpha value is -3.02. The first-order valence-electron chi connectivity index (χ1n) is 6.18. The molecule has 104 valence electrons. The summed E-state index contributed by atoms with van der Waals surface area (Å²) in [6, 6.07) is 10.3. The normalized spacial score (nSPS) is 10.5. The maximum atomic E-state index is 13.1. The molecule has 0 saturated heterocycles. The summed E-state index contributed by atoms with van der Waals surface area (Å²) in [6.07, 6.45) is 1.55. The number of aromatic amines is 1. The van der Waals surface area contributed by atoms with Crippen LogP contribution >= 0.6 is 0 Å². The van der Waals surface area contributed by atoms with Gasteiger partial charge in [0.05, 0.1) is 0 Å². The molecule has 5 nitrogen and oxygen atoms in total. The van der Waals surface area contributed by atoms with Crippen LogP contribution in [0.4, 0.5) is 10.1 Å². The number of carbonyl (C=O) groups is 1. The molecule has 0 radical (unpaired) electrons. The minimum Gasteiger partial charge on any atom is -0.322 e. The van der Waals surface area contributed by atoms with E-state index in [2.05, 4.69) is 15.3 Å². The highest BCUT2D eigenvalue weighted by Crippen LogP contribution is 2.12. The summed E-state index contributed by atoms with van der Waals surface area (Å²) in [7, 11) is 0. The molecule has 2 N–H and O–H groups in total. The zero-order valence-corrected chi connectivity index (χ0v) is 10.8. The molecule has 3 rings (SSSR count). The van der Waals surface area contributed by atoms with Crippen LogP contribution in [0.15, 0.2) is 53.5 Å². The Morgan fingerprint density at radius 1 is 1.19 bits per heavy atom. The lowest BCUT2D eigenvalue weighted by Gasteiger charge is -2.05. The summed E-state index contributed by atoms with van der Waals surface area (Å²) < 4.78 is 13.1. The number of nitrogens with one attached hydrogen (secondary N) is 2. The topological polar surface area (TPSA) is 74.8 Å². The second-order valence-electron chi connectivity index (χ2n) is 4.42. The van der Waals surface area contributed by atoms with Gasteiger partial charge in [-0.05, 0) is 36.4 Å². The second kappa shape index (κ2) is 5.16. The Bertz CT molecular complexity index is 889. The molecule has 0 fully saturated rings. The number of carbonyl (C=O) groups excluding carboxylic acids is 1. The van der Waals surface area contributed by atoms with Crippen molar-refractivity contribution < 1.29 is 9.18 Å². The molecule has 0 unspecified atom stereocenters. The Kier molecular flexibility index (Phi) is 3.19. The van der Waals surface area contributed by atoms with Crippen molar-refractivity contribution in [2.75, 3.05) is 5.32 Å². The van der Waals surface area contributed by atoms with E-state index in [-0.39, 0.29) is 11.3 Å². The predicted molar refractivity (Wildman–Crippen MR) is 76.7 cm³/mol. The largest absolute Gasteiger partial charge is 0.322 e. The molecule has 0 spiro atoms. The van der Waals surface area contributed by atoms with Gasteiger partial charge in [0, 0.05) is 17.3 Å². The van der Waals surface area contributed by atoms with Gasteiger partial charge in [-0.25, -0.2) is 9.37 Å². The number of pyridine rings is 2. The summed E-state index contributed by atoms with van der Waals surface area (Å²) in [5.74, 6) is -1.07. The molecule has 21 heavy (non-hydrogen) atoms. The van der Waals surface area contributed by atoms with Crippen LogP contribution in [0.5, 0.6) is 0 Å². The molecular weight excluding hydrogens is 273 g/mol. The second-order valence-corrected chi connectivity index (χ2v) is 4.42. The molecule has 1 amide bonds. The fourth-order valence-corrected chi connectivity index (χ4v) is 1.97. The van der Waals surface area contributed by atoms with E-state index in [1.54, 1.807) is 18.3 Å². The van der Waals surface area contributed by atoms with E-state index in [0.29, 0.717) is 11.0 Å². The van der Waals surface area contributed by atoms with E-state index in [0.717, 1.165) is 0 Å². The van der Waals surface area contributed by atoms with E-state index in [1.807, 2.05) is 0 Å². The highest BCUT2D eigenvalue weighted by atomic mass is 19.1. The molecule has 0 saturated carbocycles. The van der Waals surface area contributed by atoms with Gasteiger partial charge in [0.25, 0.3) is 11.5 Å². The Labute approximate surface area is 118 Å². The van der Waals surface area contributed by atoms with E-state index in [1.165, 1.54) is 30.3 Å². The fourth-order valence-electron chi connectivity index (χ4n) is 1.97.